The Morgan fingerprint density at radius 3 is 2.38 bits per heavy atom. The van der Waals surface area contributed by atoms with Gasteiger partial charge in [0.1, 0.15) is 0 Å². The number of aliphatic imine (C=N–C) groups is 1. The molecule has 0 spiro atoms. The molecule has 1 atom stereocenters. The lowest BCUT2D eigenvalue weighted by atomic mass is 10.1. The molecule has 1 N–H and O–H groups in total. The molecule has 29 heavy (non-hydrogen) atoms. The average Bonchev–Trinajstić information content (AvgIpc) is 2.73. The van der Waals surface area contributed by atoms with Crippen LogP contribution < -0.4 is 14.8 Å². The highest BCUT2D eigenvalue weighted by Crippen LogP contribution is 2.30. The molecule has 0 saturated carbocycles. The van der Waals surface area contributed by atoms with Gasteiger partial charge in [0, 0.05) is 58.9 Å². The van der Waals surface area contributed by atoms with Gasteiger partial charge in [-0.3, -0.25) is 14.8 Å². The summed E-state index contributed by atoms with van der Waals surface area (Å²) in [5.74, 6) is 2.48. The normalized spacial score (nSPS) is 23.3. The van der Waals surface area contributed by atoms with E-state index in [4.69, 9.17) is 14.5 Å². The zero-order valence-corrected chi connectivity index (χ0v) is 20.7. The molecule has 3 aliphatic heterocycles. The third kappa shape index (κ3) is 5.88. The van der Waals surface area contributed by atoms with Crippen LogP contribution in [0.25, 0.3) is 0 Å². The van der Waals surface area contributed by atoms with Crippen molar-refractivity contribution in [3.05, 3.63) is 23.3 Å². The number of hydrogen-bond donors (Lipinski definition) is 1. The Hall–Kier alpha value is -1.26. The number of methoxy groups -OCH3 is 2. The maximum atomic E-state index is 5.48. The largest absolute Gasteiger partial charge is 0.493 e. The molecule has 0 amide bonds. The van der Waals surface area contributed by atoms with E-state index in [-0.39, 0.29) is 24.0 Å². The molecular formula is C21H36IN5O2. The molecular weight excluding hydrogens is 481 g/mol. The van der Waals surface area contributed by atoms with Crippen molar-refractivity contribution in [2.45, 2.75) is 26.4 Å². The van der Waals surface area contributed by atoms with Crippen LogP contribution in [-0.4, -0.2) is 93.8 Å². The molecule has 4 rings (SSSR count). The third-order valence-corrected chi connectivity index (χ3v) is 5.79. The second kappa shape index (κ2) is 11.2. The van der Waals surface area contributed by atoms with E-state index in [0.29, 0.717) is 6.04 Å². The summed E-state index contributed by atoms with van der Waals surface area (Å²) in [6.07, 6.45) is 0. The van der Waals surface area contributed by atoms with Gasteiger partial charge in [0.2, 0.25) is 0 Å². The Morgan fingerprint density at radius 1 is 1.17 bits per heavy atom. The first-order valence-electron chi connectivity index (χ1n) is 10.2. The van der Waals surface area contributed by atoms with Crippen molar-refractivity contribution >= 4 is 29.9 Å². The maximum Gasteiger partial charge on any atom is 0.194 e. The number of fused-ring (bicyclic) bond motifs is 3. The minimum Gasteiger partial charge on any atom is -0.493 e. The lowest BCUT2D eigenvalue weighted by Crippen LogP contribution is -2.62. The number of rotatable bonds is 7. The van der Waals surface area contributed by atoms with Gasteiger partial charge in [-0.15, -0.1) is 24.0 Å². The number of nitrogens with one attached hydrogen (secondary N) is 1. The minimum absolute atomic E-state index is 0. The number of hydrogen-bond acceptors (Lipinski definition) is 5. The monoisotopic (exact) mass is 517 g/mol. The Bertz CT molecular complexity index is 692. The predicted molar refractivity (Wildman–Crippen MR) is 129 cm³/mol. The zero-order chi connectivity index (χ0) is 20.1. The highest BCUT2D eigenvalue weighted by molar-refractivity contribution is 14.0. The number of halogens is 1. The fourth-order valence-corrected chi connectivity index (χ4v) is 4.08. The second-order valence-electron chi connectivity index (χ2n) is 7.67. The predicted octanol–water partition coefficient (Wildman–Crippen LogP) is 2.03. The quantitative estimate of drug-likeness (QED) is 0.340. The van der Waals surface area contributed by atoms with E-state index >= 15 is 0 Å². The van der Waals surface area contributed by atoms with Crippen LogP contribution in [0.15, 0.2) is 17.1 Å². The van der Waals surface area contributed by atoms with Crippen LogP contribution >= 0.6 is 24.0 Å². The summed E-state index contributed by atoms with van der Waals surface area (Å²) in [5.41, 5.74) is 2.39. The summed E-state index contributed by atoms with van der Waals surface area (Å²) in [4.78, 5) is 12.3. The molecule has 0 aliphatic carbocycles. The number of aryl methyl sites for hydroxylation is 1. The van der Waals surface area contributed by atoms with Gasteiger partial charge < -0.3 is 19.7 Å². The van der Waals surface area contributed by atoms with E-state index in [9.17, 15) is 0 Å². The molecule has 2 bridgehead atoms. The van der Waals surface area contributed by atoms with Gasteiger partial charge in [0.05, 0.1) is 20.8 Å². The molecule has 1 aromatic rings. The third-order valence-electron chi connectivity index (χ3n) is 5.79. The van der Waals surface area contributed by atoms with Crippen LogP contribution in [0.4, 0.5) is 0 Å². The Labute approximate surface area is 192 Å². The SMILES string of the molecule is CCNC(=NCC1CN2CCN1CC2)N(C)Cc1cc(OC)c(OC)cc1C.I. The first-order valence-corrected chi connectivity index (χ1v) is 10.2. The van der Waals surface area contributed by atoms with Crippen LogP contribution in [0, 0.1) is 6.92 Å². The molecule has 0 aromatic heterocycles. The summed E-state index contributed by atoms with van der Waals surface area (Å²) >= 11 is 0. The van der Waals surface area contributed by atoms with Gasteiger partial charge in [-0.05, 0) is 37.1 Å². The molecule has 164 valence electrons. The van der Waals surface area contributed by atoms with Gasteiger partial charge in [-0.2, -0.15) is 0 Å². The van der Waals surface area contributed by atoms with Gasteiger partial charge >= 0.3 is 0 Å². The smallest absolute Gasteiger partial charge is 0.194 e. The number of nitrogens with zero attached hydrogens (tertiary/aromatic N) is 4. The van der Waals surface area contributed by atoms with Crippen molar-refractivity contribution in [3.8, 4) is 11.5 Å². The topological polar surface area (TPSA) is 52.6 Å². The summed E-state index contributed by atoms with van der Waals surface area (Å²) in [7, 11) is 5.44. The molecule has 0 radical (unpaired) electrons. The lowest BCUT2D eigenvalue weighted by molar-refractivity contribution is 0.0173. The standard InChI is InChI=1S/C21H35N5O2.HI/c1-6-22-21(23-13-18-15-25-7-9-26(18)10-8-25)24(3)14-17-12-20(28-5)19(27-4)11-16(17)2;/h11-12,18H,6-10,13-15H2,1-5H3,(H,22,23);1H. The number of ether oxygens (including phenoxy) is 2. The second-order valence-corrected chi connectivity index (χ2v) is 7.67. The molecule has 3 fully saturated rings. The van der Waals surface area contributed by atoms with Crippen LogP contribution in [0.2, 0.25) is 0 Å². The number of piperazine rings is 3. The van der Waals surface area contributed by atoms with E-state index in [2.05, 4.69) is 47.0 Å². The molecule has 3 saturated heterocycles. The van der Waals surface area contributed by atoms with E-state index in [1.54, 1.807) is 14.2 Å². The Kier molecular flexibility index (Phi) is 9.29. The highest BCUT2D eigenvalue weighted by Gasteiger charge is 2.31. The Balaban J connectivity index is 0.00000300. The van der Waals surface area contributed by atoms with Gasteiger partial charge in [-0.1, -0.05) is 0 Å². The first-order chi connectivity index (χ1) is 13.5. The molecule has 3 heterocycles. The van der Waals surface area contributed by atoms with Crippen LogP contribution in [0.5, 0.6) is 11.5 Å². The van der Waals surface area contributed by atoms with Crippen LogP contribution in [-0.2, 0) is 6.54 Å². The molecule has 1 unspecified atom stereocenters. The van der Waals surface area contributed by atoms with E-state index in [1.807, 2.05) is 6.07 Å². The zero-order valence-electron chi connectivity index (χ0n) is 18.4. The van der Waals surface area contributed by atoms with Crippen molar-refractivity contribution in [1.29, 1.82) is 0 Å². The van der Waals surface area contributed by atoms with E-state index in [0.717, 1.165) is 43.6 Å². The summed E-state index contributed by atoms with van der Waals surface area (Å²) in [6.45, 7) is 12.6. The molecule has 8 heteroatoms. The number of guanidine groups is 1. The van der Waals surface area contributed by atoms with Crippen molar-refractivity contribution in [3.63, 3.8) is 0 Å². The molecule has 7 nitrogen and oxygen atoms in total. The van der Waals surface area contributed by atoms with Crippen molar-refractivity contribution in [2.24, 2.45) is 4.99 Å². The van der Waals surface area contributed by atoms with E-state index < -0.39 is 0 Å². The van der Waals surface area contributed by atoms with Gasteiger partial charge in [0.25, 0.3) is 0 Å². The van der Waals surface area contributed by atoms with Crippen molar-refractivity contribution < 1.29 is 9.47 Å². The Morgan fingerprint density at radius 2 is 1.83 bits per heavy atom. The fourth-order valence-electron chi connectivity index (χ4n) is 4.08. The summed E-state index contributed by atoms with van der Waals surface area (Å²) in [5, 5.41) is 3.44. The van der Waals surface area contributed by atoms with Gasteiger partial charge in [0.15, 0.2) is 17.5 Å². The van der Waals surface area contributed by atoms with Crippen LogP contribution in [0.1, 0.15) is 18.1 Å². The lowest BCUT2D eigenvalue weighted by Gasteiger charge is -2.47. The average molecular weight is 517 g/mol. The number of benzene rings is 1. The fraction of sp³-hybridized carbons (Fsp3) is 0.667. The summed E-state index contributed by atoms with van der Waals surface area (Å²) in [6, 6.07) is 4.63. The minimum atomic E-state index is 0. The van der Waals surface area contributed by atoms with Crippen molar-refractivity contribution in [2.75, 3.05) is 67.1 Å². The van der Waals surface area contributed by atoms with Crippen LogP contribution in [0.3, 0.4) is 0 Å². The maximum absolute atomic E-state index is 5.48. The van der Waals surface area contributed by atoms with E-state index in [1.165, 1.54) is 37.3 Å². The van der Waals surface area contributed by atoms with Gasteiger partial charge in [-0.25, -0.2) is 0 Å². The highest BCUT2D eigenvalue weighted by atomic mass is 127. The summed E-state index contributed by atoms with van der Waals surface area (Å²) < 4.78 is 10.9. The molecule has 1 aromatic carbocycles. The van der Waals surface area contributed by atoms with Crippen molar-refractivity contribution in [1.82, 2.24) is 20.0 Å². The first kappa shape index (κ1) is 24.0. The molecule has 3 aliphatic rings.